The minimum absolute atomic E-state index is 0.0938. The van der Waals surface area contributed by atoms with Gasteiger partial charge in [-0.1, -0.05) is 130 Å². The number of rotatable bonds is 28. The van der Waals surface area contributed by atoms with E-state index in [0.29, 0.717) is 0 Å². The molecule has 0 amide bonds. The monoisotopic (exact) mass is 550 g/mol. The third-order valence-corrected chi connectivity index (χ3v) is 8.20. The summed E-state index contributed by atoms with van der Waals surface area (Å²) >= 11 is 11.0. The quantitative estimate of drug-likeness (QED) is 0.0439. The van der Waals surface area contributed by atoms with Crippen LogP contribution in [-0.4, -0.2) is 29.4 Å². The van der Waals surface area contributed by atoms with Gasteiger partial charge in [-0.2, -0.15) is 0 Å². The lowest BCUT2D eigenvalue weighted by molar-refractivity contribution is 0.0640. The van der Waals surface area contributed by atoms with Gasteiger partial charge >= 0.3 is 7.32 Å². The summed E-state index contributed by atoms with van der Waals surface area (Å²) in [6, 6.07) is 0. The molecular weight excluding hydrogens is 491 g/mol. The fourth-order valence-electron chi connectivity index (χ4n) is 4.04. The summed E-state index contributed by atoms with van der Waals surface area (Å²) in [5.41, 5.74) is -0.258. The first-order valence-electron chi connectivity index (χ1n) is 15.0. The van der Waals surface area contributed by atoms with Gasteiger partial charge in [0.2, 0.25) is 0 Å². The molecule has 0 spiro atoms. The summed E-state index contributed by atoms with van der Waals surface area (Å²) in [5.74, 6) is 1.13. The minimum Gasteiger partial charge on any atom is -0.374 e. The van der Waals surface area contributed by atoms with Crippen LogP contribution in [0.4, 0.5) is 0 Å². The maximum atomic E-state index is 6.26. The standard InChI is InChI=1S/C28H59BO3S3/c1-5-9-10-11-12-13-14-15-16-17-18-19-20-21-25-35-28(24-8-4)32-29(30-26(33)22-6-2)31-27(34)23-7-3/h26-28,33-34H,5-25H2,1-4H3. The van der Waals surface area contributed by atoms with Crippen molar-refractivity contribution < 1.29 is 14.0 Å². The number of thioether (sulfide) groups is 1. The Kier molecular flexibility index (Phi) is 28.8. The van der Waals surface area contributed by atoms with Crippen molar-refractivity contribution in [1.29, 1.82) is 0 Å². The largest absolute Gasteiger partial charge is 0.641 e. The second-order valence-electron chi connectivity index (χ2n) is 9.87. The Hall–Kier alpha value is 0.995. The maximum Gasteiger partial charge on any atom is 0.641 e. The molecule has 3 unspecified atom stereocenters. The lowest BCUT2D eigenvalue weighted by atomic mass is 10.0. The first-order valence-corrected chi connectivity index (χ1v) is 17.1. The van der Waals surface area contributed by atoms with Gasteiger partial charge in [0.25, 0.3) is 0 Å². The van der Waals surface area contributed by atoms with Gasteiger partial charge < -0.3 is 14.0 Å². The van der Waals surface area contributed by atoms with Crippen LogP contribution in [0, 0.1) is 0 Å². The molecule has 0 aliphatic carbocycles. The predicted molar refractivity (Wildman–Crippen MR) is 166 cm³/mol. The average Bonchev–Trinajstić information content (AvgIpc) is 2.81. The van der Waals surface area contributed by atoms with E-state index in [-0.39, 0.29) is 16.3 Å². The van der Waals surface area contributed by atoms with Gasteiger partial charge in [0.15, 0.2) is 0 Å². The molecule has 3 nitrogen and oxygen atoms in total. The van der Waals surface area contributed by atoms with Crippen LogP contribution in [0.2, 0.25) is 0 Å². The highest BCUT2D eigenvalue weighted by Gasteiger charge is 2.30. The second kappa shape index (κ2) is 28.0. The van der Waals surface area contributed by atoms with Crippen LogP contribution in [0.3, 0.4) is 0 Å². The first kappa shape index (κ1) is 36.0. The molecule has 3 atom stereocenters. The van der Waals surface area contributed by atoms with E-state index < -0.39 is 7.32 Å². The van der Waals surface area contributed by atoms with Crippen molar-refractivity contribution in [2.75, 3.05) is 5.75 Å². The second-order valence-corrected chi connectivity index (χ2v) is 12.3. The molecule has 0 saturated heterocycles. The Morgan fingerprint density at radius 1 is 0.514 bits per heavy atom. The molecule has 0 bridgehead atoms. The third-order valence-electron chi connectivity index (χ3n) is 6.20. The number of unbranched alkanes of at least 4 members (excludes halogenated alkanes) is 13. The van der Waals surface area contributed by atoms with E-state index in [1.807, 2.05) is 11.8 Å². The van der Waals surface area contributed by atoms with E-state index in [9.17, 15) is 0 Å². The van der Waals surface area contributed by atoms with E-state index in [4.69, 9.17) is 14.0 Å². The summed E-state index contributed by atoms with van der Waals surface area (Å²) in [6.45, 7) is 8.76. The summed E-state index contributed by atoms with van der Waals surface area (Å²) in [7, 11) is -0.696. The number of thiol groups is 2. The molecule has 0 aromatic rings. The topological polar surface area (TPSA) is 27.7 Å². The molecule has 0 radical (unpaired) electrons. The summed E-state index contributed by atoms with van der Waals surface area (Å²) < 4.78 is 18.2. The SMILES string of the molecule is CCCCCCCCCCCCCCCCSC(CCC)OB(OC(S)CCC)OC(S)CCC. The highest BCUT2D eigenvalue weighted by atomic mass is 32.2. The smallest absolute Gasteiger partial charge is 0.374 e. The van der Waals surface area contributed by atoms with Gasteiger partial charge in [-0.05, 0) is 31.4 Å². The average molecular weight is 551 g/mol. The van der Waals surface area contributed by atoms with E-state index in [0.717, 1.165) is 44.3 Å². The van der Waals surface area contributed by atoms with Crippen molar-refractivity contribution in [2.24, 2.45) is 0 Å². The van der Waals surface area contributed by atoms with Gasteiger partial charge in [-0.25, -0.2) is 0 Å². The van der Waals surface area contributed by atoms with Gasteiger partial charge in [0.05, 0.1) is 16.3 Å². The van der Waals surface area contributed by atoms with Crippen molar-refractivity contribution >= 4 is 44.3 Å². The zero-order valence-corrected chi connectivity index (χ0v) is 26.3. The molecule has 210 valence electrons. The van der Waals surface area contributed by atoms with Gasteiger partial charge in [-0.3, -0.25) is 0 Å². The van der Waals surface area contributed by atoms with Gasteiger partial charge in [-0.15, -0.1) is 37.0 Å². The molecule has 7 heteroatoms. The van der Waals surface area contributed by atoms with Gasteiger partial charge in [0.1, 0.15) is 0 Å². The van der Waals surface area contributed by atoms with Crippen LogP contribution in [0.25, 0.3) is 0 Å². The zero-order chi connectivity index (χ0) is 26.0. The van der Waals surface area contributed by atoms with Gasteiger partial charge in [0, 0.05) is 0 Å². The normalized spacial score (nSPS) is 14.2. The van der Waals surface area contributed by atoms with E-state index in [2.05, 4.69) is 53.0 Å². The zero-order valence-electron chi connectivity index (χ0n) is 23.7. The number of hydrogen-bond acceptors (Lipinski definition) is 6. The van der Waals surface area contributed by atoms with E-state index in [1.165, 1.54) is 89.9 Å². The molecule has 35 heavy (non-hydrogen) atoms. The molecule has 0 aliphatic rings. The van der Waals surface area contributed by atoms with Crippen molar-refractivity contribution in [3.63, 3.8) is 0 Å². The van der Waals surface area contributed by atoms with Crippen molar-refractivity contribution in [1.82, 2.24) is 0 Å². The Morgan fingerprint density at radius 2 is 0.914 bits per heavy atom. The minimum atomic E-state index is -0.696. The highest BCUT2D eigenvalue weighted by Crippen LogP contribution is 2.24. The van der Waals surface area contributed by atoms with Crippen LogP contribution in [0.1, 0.15) is 156 Å². The molecule has 0 fully saturated rings. The Bertz CT molecular complexity index is 407. The fraction of sp³-hybridized carbons (Fsp3) is 1.00. The van der Waals surface area contributed by atoms with Crippen molar-refractivity contribution in [3.05, 3.63) is 0 Å². The van der Waals surface area contributed by atoms with Crippen LogP contribution in [0.15, 0.2) is 0 Å². The van der Waals surface area contributed by atoms with E-state index >= 15 is 0 Å². The van der Waals surface area contributed by atoms with Crippen LogP contribution in [0.5, 0.6) is 0 Å². The summed E-state index contributed by atoms with van der Waals surface area (Å²) in [5, 5.41) is 0. The Labute approximate surface area is 235 Å². The van der Waals surface area contributed by atoms with Crippen molar-refractivity contribution in [3.8, 4) is 0 Å². The molecular formula is C28H59BO3S3. The molecule has 0 aromatic heterocycles. The lowest BCUT2D eigenvalue weighted by Crippen LogP contribution is -2.36. The van der Waals surface area contributed by atoms with Crippen molar-refractivity contribution in [2.45, 2.75) is 172 Å². The Balaban J connectivity index is 3.99. The molecule has 0 N–H and O–H groups in total. The predicted octanol–water partition coefficient (Wildman–Crippen LogP) is 10.5. The number of hydrogen-bond donors (Lipinski definition) is 2. The summed E-state index contributed by atoms with van der Waals surface area (Å²) in [6.07, 6.45) is 25.5. The maximum absolute atomic E-state index is 6.26. The molecule has 0 heterocycles. The highest BCUT2D eigenvalue weighted by molar-refractivity contribution is 7.99. The van der Waals surface area contributed by atoms with Crippen LogP contribution >= 0.6 is 37.0 Å². The Morgan fingerprint density at radius 3 is 1.31 bits per heavy atom. The fourth-order valence-corrected chi connectivity index (χ4v) is 5.96. The molecule has 0 aliphatic heterocycles. The van der Waals surface area contributed by atoms with E-state index in [1.54, 1.807) is 0 Å². The lowest BCUT2D eigenvalue weighted by Gasteiger charge is -2.25. The van der Waals surface area contributed by atoms with Crippen LogP contribution in [-0.2, 0) is 14.0 Å². The summed E-state index contributed by atoms with van der Waals surface area (Å²) in [4.78, 5) is 0. The molecule has 0 saturated carbocycles. The first-order chi connectivity index (χ1) is 17.1. The third kappa shape index (κ3) is 25.1. The van der Waals surface area contributed by atoms with Crippen LogP contribution < -0.4 is 0 Å². The molecule has 0 rings (SSSR count). The molecule has 0 aromatic carbocycles.